The van der Waals surface area contributed by atoms with Crippen molar-refractivity contribution in [1.82, 2.24) is 4.98 Å². The Hall–Kier alpha value is -2.99. The Labute approximate surface area is 122 Å². The highest BCUT2D eigenvalue weighted by Gasteiger charge is 2.15. The molecule has 106 valence electrons. The lowest BCUT2D eigenvalue weighted by Crippen LogP contribution is -2.04. The van der Waals surface area contributed by atoms with E-state index < -0.39 is 10.9 Å². The van der Waals surface area contributed by atoms with Crippen molar-refractivity contribution < 1.29 is 14.8 Å². The monoisotopic (exact) mass is 304 g/mol. The summed E-state index contributed by atoms with van der Waals surface area (Å²) in [7, 11) is 0. The maximum absolute atomic E-state index is 10.9. The summed E-state index contributed by atoms with van der Waals surface area (Å²) < 4.78 is 0. The normalized spacial score (nSPS) is 9.86. The number of carbonyl (C=O) groups is 1. The number of nitro benzene ring substituents is 1. The Balaban J connectivity index is 2.20. The first-order valence-electron chi connectivity index (χ1n) is 5.61. The number of rotatable bonds is 5. The van der Waals surface area contributed by atoms with Crippen molar-refractivity contribution in [1.29, 1.82) is 5.26 Å². The molecule has 1 aromatic carbocycles. The first-order chi connectivity index (χ1) is 10.0. The van der Waals surface area contributed by atoms with Gasteiger partial charge in [0.1, 0.15) is 10.7 Å². The maximum atomic E-state index is 10.9. The van der Waals surface area contributed by atoms with E-state index in [0.717, 1.165) is 11.3 Å². The number of nitro groups is 1. The van der Waals surface area contributed by atoms with Gasteiger partial charge in [0.2, 0.25) is 0 Å². The summed E-state index contributed by atoms with van der Waals surface area (Å²) in [5, 5.41) is 33.2. The van der Waals surface area contributed by atoms with Crippen molar-refractivity contribution >= 4 is 28.7 Å². The fourth-order valence-electron chi connectivity index (χ4n) is 1.57. The van der Waals surface area contributed by atoms with E-state index in [1.54, 1.807) is 0 Å². The Morgan fingerprint density at radius 1 is 1.57 bits per heavy atom. The van der Waals surface area contributed by atoms with Crippen molar-refractivity contribution in [3.05, 3.63) is 50.0 Å². The van der Waals surface area contributed by atoms with Gasteiger partial charge in [-0.1, -0.05) is 0 Å². The Bertz CT molecular complexity index is 750. The van der Waals surface area contributed by atoms with Crippen LogP contribution in [0, 0.1) is 21.4 Å². The van der Waals surface area contributed by atoms with Crippen LogP contribution in [0.3, 0.4) is 0 Å². The number of aromatic carboxylic acids is 1. The minimum Gasteiger partial charge on any atom is -0.476 e. The van der Waals surface area contributed by atoms with E-state index in [1.807, 2.05) is 6.07 Å². The van der Waals surface area contributed by atoms with Gasteiger partial charge >= 0.3 is 5.97 Å². The summed E-state index contributed by atoms with van der Waals surface area (Å²) in [6.07, 6.45) is 0. The average molecular weight is 304 g/mol. The van der Waals surface area contributed by atoms with Gasteiger partial charge in [-0.3, -0.25) is 10.1 Å². The van der Waals surface area contributed by atoms with Crippen LogP contribution in [-0.2, 0) is 6.54 Å². The zero-order chi connectivity index (χ0) is 15.4. The number of nitriles is 1. The van der Waals surface area contributed by atoms with Crippen LogP contribution in [0.15, 0.2) is 23.6 Å². The average Bonchev–Trinajstić information content (AvgIpc) is 2.93. The summed E-state index contributed by atoms with van der Waals surface area (Å²) in [6, 6.07) is 5.86. The van der Waals surface area contributed by atoms with Gasteiger partial charge in [-0.25, -0.2) is 9.78 Å². The summed E-state index contributed by atoms with van der Waals surface area (Å²) >= 11 is 1.13. The van der Waals surface area contributed by atoms with E-state index >= 15 is 0 Å². The molecule has 0 aliphatic heterocycles. The molecular weight excluding hydrogens is 296 g/mol. The lowest BCUT2D eigenvalue weighted by atomic mass is 10.2. The Morgan fingerprint density at radius 3 is 2.90 bits per heavy atom. The van der Waals surface area contributed by atoms with Crippen molar-refractivity contribution in [2.45, 2.75) is 6.54 Å². The molecular formula is C12H8N4O4S. The first-order valence-corrected chi connectivity index (χ1v) is 6.49. The molecule has 1 heterocycles. The van der Waals surface area contributed by atoms with Crippen LogP contribution >= 0.6 is 11.3 Å². The highest BCUT2D eigenvalue weighted by Crippen LogP contribution is 2.26. The van der Waals surface area contributed by atoms with E-state index in [2.05, 4.69) is 10.3 Å². The third kappa shape index (κ3) is 3.31. The number of aromatic nitrogens is 1. The van der Waals surface area contributed by atoms with Crippen LogP contribution in [0.1, 0.15) is 21.1 Å². The van der Waals surface area contributed by atoms with Crippen LogP contribution in [0.25, 0.3) is 0 Å². The van der Waals surface area contributed by atoms with Gasteiger partial charge in [0.25, 0.3) is 5.69 Å². The van der Waals surface area contributed by atoms with E-state index in [1.165, 1.54) is 23.6 Å². The van der Waals surface area contributed by atoms with Gasteiger partial charge in [-0.15, -0.1) is 11.3 Å². The van der Waals surface area contributed by atoms with Gasteiger partial charge in [0.15, 0.2) is 5.69 Å². The van der Waals surface area contributed by atoms with Crippen molar-refractivity contribution in [3.63, 3.8) is 0 Å². The fourth-order valence-corrected chi connectivity index (χ4v) is 2.28. The molecule has 0 aliphatic rings. The number of benzene rings is 1. The highest BCUT2D eigenvalue weighted by molar-refractivity contribution is 7.09. The van der Waals surface area contributed by atoms with Gasteiger partial charge < -0.3 is 10.4 Å². The Morgan fingerprint density at radius 2 is 2.33 bits per heavy atom. The number of anilines is 1. The topological polar surface area (TPSA) is 129 Å². The first kappa shape index (κ1) is 14.4. The largest absolute Gasteiger partial charge is 0.476 e. The van der Waals surface area contributed by atoms with Crippen molar-refractivity contribution in [2.24, 2.45) is 0 Å². The van der Waals surface area contributed by atoms with E-state index in [4.69, 9.17) is 10.4 Å². The molecule has 2 N–H and O–H groups in total. The Kier molecular flexibility index (Phi) is 4.10. The second-order valence-electron chi connectivity index (χ2n) is 3.89. The molecule has 0 spiro atoms. The predicted octanol–water partition coefficient (Wildman–Crippen LogP) is 2.23. The lowest BCUT2D eigenvalue weighted by Gasteiger charge is -2.05. The fraction of sp³-hybridized carbons (Fsp3) is 0.0833. The highest BCUT2D eigenvalue weighted by atomic mass is 32.1. The third-order valence-electron chi connectivity index (χ3n) is 2.52. The summed E-state index contributed by atoms with van der Waals surface area (Å²) in [5.74, 6) is -1.13. The van der Waals surface area contributed by atoms with Crippen LogP contribution in [0.2, 0.25) is 0 Å². The molecule has 0 aliphatic carbocycles. The van der Waals surface area contributed by atoms with Crippen LogP contribution in [-0.4, -0.2) is 21.0 Å². The number of nitrogens with zero attached hydrogens (tertiary/aromatic N) is 3. The predicted molar refractivity (Wildman–Crippen MR) is 74.2 cm³/mol. The molecule has 2 aromatic rings. The molecule has 0 saturated heterocycles. The SMILES string of the molecule is N#Cc1ccc([N+](=O)[O-])c(NCc2nc(C(=O)O)cs2)c1. The van der Waals surface area contributed by atoms with Crippen molar-refractivity contribution in [2.75, 3.05) is 5.32 Å². The molecule has 2 rings (SSSR count). The quantitative estimate of drug-likeness (QED) is 0.640. The van der Waals surface area contributed by atoms with E-state index in [9.17, 15) is 14.9 Å². The molecule has 0 saturated carbocycles. The van der Waals surface area contributed by atoms with Crippen LogP contribution in [0.4, 0.5) is 11.4 Å². The molecule has 0 bridgehead atoms. The molecule has 0 fully saturated rings. The third-order valence-corrected chi connectivity index (χ3v) is 3.37. The molecule has 21 heavy (non-hydrogen) atoms. The maximum Gasteiger partial charge on any atom is 0.355 e. The number of carboxylic acid groups (broad SMARTS) is 1. The standard InChI is InChI=1S/C12H8N4O4S/c13-4-7-1-2-10(16(19)20)8(3-7)14-5-11-15-9(6-21-11)12(17)18/h1-3,6,14H,5H2,(H,17,18). The summed E-state index contributed by atoms with van der Waals surface area (Å²) in [6.45, 7) is 0.133. The molecule has 8 nitrogen and oxygen atoms in total. The van der Waals surface area contributed by atoms with Gasteiger partial charge in [-0.2, -0.15) is 5.26 Å². The molecule has 0 radical (unpaired) electrons. The number of hydrogen-bond donors (Lipinski definition) is 2. The van der Waals surface area contributed by atoms with Crippen molar-refractivity contribution in [3.8, 4) is 6.07 Å². The smallest absolute Gasteiger partial charge is 0.355 e. The second kappa shape index (κ2) is 5.98. The number of nitrogens with one attached hydrogen (secondary N) is 1. The van der Waals surface area contributed by atoms with Gasteiger partial charge in [0.05, 0.1) is 23.1 Å². The molecule has 0 atom stereocenters. The van der Waals surface area contributed by atoms with Crippen LogP contribution < -0.4 is 5.32 Å². The second-order valence-corrected chi connectivity index (χ2v) is 4.83. The van der Waals surface area contributed by atoms with Gasteiger partial charge in [-0.05, 0) is 12.1 Å². The molecule has 1 aromatic heterocycles. The molecule has 9 heteroatoms. The zero-order valence-electron chi connectivity index (χ0n) is 10.4. The minimum absolute atomic E-state index is 0.0722. The van der Waals surface area contributed by atoms with Crippen LogP contribution in [0.5, 0.6) is 0 Å². The van der Waals surface area contributed by atoms with E-state index in [-0.39, 0.29) is 29.2 Å². The number of hydrogen-bond acceptors (Lipinski definition) is 7. The van der Waals surface area contributed by atoms with E-state index in [0.29, 0.717) is 5.01 Å². The van der Waals surface area contributed by atoms with Gasteiger partial charge in [0, 0.05) is 11.4 Å². The minimum atomic E-state index is -1.13. The number of carboxylic acids is 1. The lowest BCUT2D eigenvalue weighted by molar-refractivity contribution is -0.384. The number of thiazole rings is 1. The molecule has 0 amide bonds. The molecule has 0 unspecified atom stereocenters. The zero-order valence-corrected chi connectivity index (χ0v) is 11.3. The summed E-state index contributed by atoms with van der Waals surface area (Å²) in [5.41, 5.74) is 0.237. The summed E-state index contributed by atoms with van der Waals surface area (Å²) in [4.78, 5) is 24.9.